The number of benzene rings is 3. The van der Waals surface area contributed by atoms with Crippen molar-refractivity contribution in [1.82, 2.24) is 0 Å². The van der Waals surface area contributed by atoms with Crippen molar-refractivity contribution in [2.45, 2.75) is 6.42 Å². The summed E-state index contributed by atoms with van der Waals surface area (Å²) in [7, 11) is 0. The Bertz CT molecular complexity index is 830. The molecule has 0 saturated carbocycles. The molecule has 0 bridgehead atoms. The first kappa shape index (κ1) is 12.3. The maximum absolute atomic E-state index is 13.4. The van der Waals surface area contributed by atoms with Gasteiger partial charge >= 0.3 is 0 Å². The molecule has 0 spiro atoms. The van der Waals surface area contributed by atoms with Crippen molar-refractivity contribution in [2.24, 2.45) is 0 Å². The standard InChI is InChI=1S/C19H12F2/c20-16-9-14(10-17(21)11-16)12-5-6-19-15(7-12)8-13-3-1-2-4-18(13)19/h1-7,9-11H,8H2. The Morgan fingerprint density at radius 2 is 1.33 bits per heavy atom. The van der Waals surface area contributed by atoms with Gasteiger partial charge in [0.2, 0.25) is 0 Å². The number of fused-ring (bicyclic) bond motifs is 3. The van der Waals surface area contributed by atoms with Crippen LogP contribution in [0.4, 0.5) is 8.78 Å². The first-order valence-corrected chi connectivity index (χ1v) is 6.88. The summed E-state index contributed by atoms with van der Waals surface area (Å²) in [4.78, 5) is 0. The highest BCUT2D eigenvalue weighted by molar-refractivity contribution is 5.80. The van der Waals surface area contributed by atoms with Gasteiger partial charge in [-0.05, 0) is 51.9 Å². The minimum atomic E-state index is -0.547. The first-order chi connectivity index (χ1) is 10.2. The van der Waals surface area contributed by atoms with Gasteiger partial charge in [-0.15, -0.1) is 0 Å². The molecule has 0 radical (unpaired) electrons. The smallest absolute Gasteiger partial charge is 0.126 e. The lowest BCUT2D eigenvalue weighted by molar-refractivity contribution is 0.584. The SMILES string of the molecule is Fc1cc(F)cc(-c2ccc3c(c2)Cc2ccccc2-3)c1. The zero-order chi connectivity index (χ0) is 14.4. The second-order valence-corrected chi connectivity index (χ2v) is 5.36. The number of rotatable bonds is 1. The van der Waals surface area contributed by atoms with Crippen molar-refractivity contribution in [3.05, 3.63) is 83.4 Å². The summed E-state index contributed by atoms with van der Waals surface area (Å²) in [5, 5.41) is 0. The predicted octanol–water partition coefficient (Wildman–Crippen LogP) is 5.20. The number of hydrogen-bond donors (Lipinski definition) is 0. The molecule has 0 N–H and O–H groups in total. The van der Waals surface area contributed by atoms with Gasteiger partial charge in [0.1, 0.15) is 11.6 Å². The molecule has 4 rings (SSSR count). The Hall–Kier alpha value is -2.48. The summed E-state index contributed by atoms with van der Waals surface area (Å²) in [6.07, 6.45) is 0.872. The monoisotopic (exact) mass is 278 g/mol. The topological polar surface area (TPSA) is 0 Å². The van der Waals surface area contributed by atoms with Crippen LogP contribution in [-0.2, 0) is 6.42 Å². The zero-order valence-corrected chi connectivity index (χ0v) is 11.2. The van der Waals surface area contributed by atoms with Gasteiger partial charge in [0.05, 0.1) is 0 Å². The van der Waals surface area contributed by atoms with Crippen LogP contribution in [0, 0.1) is 11.6 Å². The van der Waals surface area contributed by atoms with Crippen LogP contribution in [0.3, 0.4) is 0 Å². The summed E-state index contributed by atoms with van der Waals surface area (Å²) in [6.45, 7) is 0. The largest absolute Gasteiger partial charge is 0.207 e. The highest BCUT2D eigenvalue weighted by Crippen LogP contribution is 2.38. The fraction of sp³-hybridized carbons (Fsp3) is 0.0526. The maximum Gasteiger partial charge on any atom is 0.126 e. The van der Waals surface area contributed by atoms with Gasteiger partial charge in [0, 0.05) is 6.07 Å². The van der Waals surface area contributed by atoms with Crippen LogP contribution >= 0.6 is 0 Å². The second kappa shape index (κ2) is 4.52. The molecule has 0 fully saturated rings. The van der Waals surface area contributed by atoms with Crippen molar-refractivity contribution in [3.8, 4) is 22.3 Å². The molecule has 1 aliphatic rings. The fourth-order valence-electron chi connectivity index (χ4n) is 3.05. The molecule has 0 heterocycles. The van der Waals surface area contributed by atoms with Gasteiger partial charge in [0.25, 0.3) is 0 Å². The van der Waals surface area contributed by atoms with Gasteiger partial charge < -0.3 is 0 Å². The number of hydrogen-bond acceptors (Lipinski definition) is 0. The van der Waals surface area contributed by atoms with Crippen LogP contribution in [0.15, 0.2) is 60.7 Å². The van der Waals surface area contributed by atoms with Crippen LogP contribution in [0.1, 0.15) is 11.1 Å². The van der Waals surface area contributed by atoms with Crippen LogP contribution in [-0.4, -0.2) is 0 Å². The molecule has 3 aromatic carbocycles. The van der Waals surface area contributed by atoms with E-state index >= 15 is 0 Å². The van der Waals surface area contributed by atoms with E-state index in [2.05, 4.69) is 12.1 Å². The Morgan fingerprint density at radius 1 is 0.619 bits per heavy atom. The molecule has 1 aliphatic carbocycles. The van der Waals surface area contributed by atoms with Crippen molar-refractivity contribution in [2.75, 3.05) is 0 Å². The first-order valence-electron chi connectivity index (χ1n) is 6.88. The molecule has 0 amide bonds. The highest BCUT2D eigenvalue weighted by atomic mass is 19.1. The van der Waals surface area contributed by atoms with E-state index in [1.165, 1.54) is 34.4 Å². The van der Waals surface area contributed by atoms with E-state index in [4.69, 9.17) is 0 Å². The fourth-order valence-corrected chi connectivity index (χ4v) is 3.05. The van der Waals surface area contributed by atoms with E-state index in [-0.39, 0.29) is 0 Å². The second-order valence-electron chi connectivity index (χ2n) is 5.36. The molecule has 0 nitrogen and oxygen atoms in total. The summed E-state index contributed by atoms with van der Waals surface area (Å²) >= 11 is 0. The zero-order valence-electron chi connectivity index (χ0n) is 11.2. The van der Waals surface area contributed by atoms with Crippen molar-refractivity contribution < 1.29 is 8.78 Å². The molecule has 0 unspecified atom stereocenters. The average molecular weight is 278 g/mol. The maximum atomic E-state index is 13.4. The Morgan fingerprint density at radius 3 is 2.14 bits per heavy atom. The Kier molecular flexibility index (Phi) is 2.64. The van der Waals surface area contributed by atoms with Crippen molar-refractivity contribution in [3.63, 3.8) is 0 Å². The molecule has 0 aliphatic heterocycles. The average Bonchev–Trinajstić information content (AvgIpc) is 2.83. The van der Waals surface area contributed by atoms with E-state index in [1.807, 2.05) is 30.3 Å². The summed E-state index contributed by atoms with van der Waals surface area (Å²) in [5.41, 5.74) is 6.40. The van der Waals surface area contributed by atoms with Gasteiger partial charge in [-0.2, -0.15) is 0 Å². The molecule has 0 aromatic heterocycles. The van der Waals surface area contributed by atoms with Gasteiger partial charge in [0.15, 0.2) is 0 Å². The van der Waals surface area contributed by atoms with E-state index in [1.54, 1.807) is 0 Å². The molecule has 0 saturated heterocycles. The van der Waals surface area contributed by atoms with E-state index in [9.17, 15) is 8.78 Å². The van der Waals surface area contributed by atoms with Crippen molar-refractivity contribution >= 4 is 0 Å². The quantitative estimate of drug-likeness (QED) is 0.449. The minimum Gasteiger partial charge on any atom is -0.207 e. The third-order valence-electron chi connectivity index (χ3n) is 3.99. The van der Waals surface area contributed by atoms with E-state index in [0.29, 0.717) is 5.56 Å². The molecular formula is C19H12F2. The molecule has 3 aromatic rings. The van der Waals surface area contributed by atoms with E-state index in [0.717, 1.165) is 18.1 Å². The Balaban J connectivity index is 1.83. The van der Waals surface area contributed by atoms with Gasteiger partial charge in [-0.25, -0.2) is 8.78 Å². The molecular weight excluding hydrogens is 266 g/mol. The third kappa shape index (κ3) is 2.04. The third-order valence-corrected chi connectivity index (χ3v) is 3.99. The lowest BCUT2D eigenvalue weighted by Crippen LogP contribution is -1.87. The summed E-state index contributed by atoms with van der Waals surface area (Å²) in [6, 6.07) is 17.9. The van der Waals surface area contributed by atoms with Crippen molar-refractivity contribution in [1.29, 1.82) is 0 Å². The summed E-state index contributed by atoms with van der Waals surface area (Å²) < 4.78 is 26.7. The molecule has 102 valence electrons. The van der Waals surface area contributed by atoms with Gasteiger partial charge in [-0.3, -0.25) is 0 Å². The van der Waals surface area contributed by atoms with Crippen LogP contribution in [0.2, 0.25) is 0 Å². The molecule has 0 atom stereocenters. The van der Waals surface area contributed by atoms with Crippen LogP contribution < -0.4 is 0 Å². The van der Waals surface area contributed by atoms with E-state index < -0.39 is 11.6 Å². The molecule has 2 heteroatoms. The minimum absolute atomic E-state index is 0.547. The molecule has 21 heavy (non-hydrogen) atoms. The normalized spacial score (nSPS) is 12.1. The summed E-state index contributed by atoms with van der Waals surface area (Å²) in [5.74, 6) is -1.09. The number of halogens is 2. The Labute approximate surface area is 121 Å². The highest BCUT2D eigenvalue weighted by Gasteiger charge is 2.18. The lowest BCUT2D eigenvalue weighted by atomic mass is 9.99. The predicted molar refractivity (Wildman–Crippen MR) is 80.0 cm³/mol. The van der Waals surface area contributed by atoms with Crippen LogP contribution in [0.5, 0.6) is 0 Å². The lowest BCUT2D eigenvalue weighted by Gasteiger charge is -2.06. The van der Waals surface area contributed by atoms with Gasteiger partial charge in [-0.1, -0.05) is 42.5 Å². The van der Waals surface area contributed by atoms with Crippen LogP contribution in [0.25, 0.3) is 22.3 Å².